The number of sulfone groups is 1. The molecule has 2 amide bonds. The summed E-state index contributed by atoms with van der Waals surface area (Å²) in [6.45, 7) is 2.54. The number of piperidine rings is 1. The Bertz CT molecular complexity index is 777. The van der Waals surface area contributed by atoms with Crippen molar-refractivity contribution in [2.75, 3.05) is 37.8 Å². The zero-order chi connectivity index (χ0) is 18.8. The highest BCUT2D eigenvalue weighted by molar-refractivity contribution is 7.92. The molecule has 1 aromatic rings. The van der Waals surface area contributed by atoms with Crippen LogP contribution < -0.4 is 10.6 Å². The van der Waals surface area contributed by atoms with Crippen LogP contribution in [0.5, 0.6) is 0 Å². The lowest BCUT2D eigenvalue weighted by atomic mass is 9.95. The van der Waals surface area contributed by atoms with Crippen molar-refractivity contribution in [2.24, 2.45) is 0 Å². The molecule has 2 heterocycles. The van der Waals surface area contributed by atoms with Crippen LogP contribution in [0.1, 0.15) is 36.0 Å². The number of benzene rings is 1. The number of anilines is 1. The molecule has 0 bridgehead atoms. The van der Waals surface area contributed by atoms with Crippen molar-refractivity contribution < 1.29 is 18.0 Å². The fourth-order valence-electron chi connectivity index (χ4n) is 3.64. The summed E-state index contributed by atoms with van der Waals surface area (Å²) < 4.78 is 23.2. The van der Waals surface area contributed by atoms with Gasteiger partial charge < -0.3 is 15.5 Å². The predicted octanol–water partition coefficient (Wildman–Crippen LogP) is 1.03. The van der Waals surface area contributed by atoms with E-state index in [2.05, 4.69) is 10.6 Å². The Kier molecular flexibility index (Phi) is 5.34. The number of nitrogens with one attached hydrogen (secondary N) is 2. The minimum absolute atomic E-state index is 0.00802. The van der Waals surface area contributed by atoms with Gasteiger partial charge in [0.15, 0.2) is 14.6 Å². The summed E-state index contributed by atoms with van der Waals surface area (Å²) in [4.78, 5) is 27.0. The van der Waals surface area contributed by atoms with Gasteiger partial charge in [0.25, 0.3) is 5.91 Å². The average Bonchev–Trinajstić information content (AvgIpc) is 3.16. The third-order valence-corrected chi connectivity index (χ3v) is 7.33. The van der Waals surface area contributed by atoms with E-state index >= 15 is 0 Å². The highest BCUT2D eigenvalue weighted by atomic mass is 32.2. The van der Waals surface area contributed by atoms with Gasteiger partial charge >= 0.3 is 0 Å². The number of amides is 2. The molecule has 2 aliphatic rings. The lowest BCUT2D eigenvalue weighted by Gasteiger charge is -2.34. The maximum Gasteiger partial charge on any atom is 0.253 e. The van der Waals surface area contributed by atoms with Crippen LogP contribution in [0.4, 0.5) is 5.69 Å². The Labute approximate surface area is 154 Å². The smallest absolute Gasteiger partial charge is 0.253 e. The molecule has 0 atom stereocenters. The molecule has 0 spiro atoms. The van der Waals surface area contributed by atoms with Gasteiger partial charge in [0.1, 0.15) is 0 Å². The Balaban J connectivity index is 1.73. The Morgan fingerprint density at radius 3 is 2.19 bits per heavy atom. The maximum absolute atomic E-state index is 12.8. The second-order valence-corrected chi connectivity index (χ2v) is 9.37. The second-order valence-electron chi connectivity index (χ2n) is 7.05. The molecular formula is C18H25N3O4S. The summed E-state index contributed by atoms with van der Waals surface area (Å²) >= 11 is 0. The quantitative estimate of drug-likeness (QED) is 0.815. The molecule has 2 saturated heterocycles. The Morgan fingerprint density at radius 2 is 1.65 bits per heavy atom. The molecule has 2 N–H and O–H groups in total. The van der Waals surface area contributed by atoms with Gasteiger partial charge in [0.2, 0.25) is 5.91 Å². The number of rotatable bonds is 4. The van der Waals surface area contributed by atoms with E-state index in [1.165, 1.54) is 0 Å². The van der Waals surface area contributed by atoms with E-state index in [-0.39, 0.29) is 18.7 Å². The van der Waals surface area contributed by atoms with Crippen LogP contribution in [0, 0.1) is 0 Å². The van der Waals surface area contributed by atoms with E-state index in [9.17, 15) is 18.0 Å². The van der Waals surface area contributed by atoms with E-state index in [0.29, 0.717) is 24.3 Å². The average molecular weight is 379 g/mol. The van der Waals surface area contributed by atoms with Gasteiger partial charge in [-0.15, -0.1) is 0 Å². The third-order valence-electron chi connectivity index (χ3n) is 5.32. The minimum atomic E-state index is -3.55. The van der Waals surface area contributed by atoms with E-state index in [0.717, 1.165) is 32.2 Å². The number of likely N-dealkylation sites (tertiary alicyclic amines) is 1. The van der Waals surface area contributed by atoms with Crippen molar-refractivity contribution in [3.63, 3.8) is 0 Å². The van der Waals surface area contributed by atoms with Crippen molar-refractivity contribution in [3.05, 3.63) is 29.8 Å². The molecule has 2 aliphatic heterocycles. The topological polar surface area (TPSA) is 95.6 Å². The Hall–Kier alpha value is -1.93. The molecule has 0 unspecified atom stereocenters. The first-order valence-corrected chi connectivity index (χ1v) is 10.8. The maximum atomic E-state index is 12.8. The van der Waals surface area contributed by atoms with E-state index in [1.807, 2.05) is 4.90 Å². The van der Waals surface area contributed by atoms with Gasteiger partial charge in [-0.25, -0.2) is 8.42 Å². The van der Waals surface area contributed by atoms with Crippen LogP contribution in [0.25, 0.3) is 0 Å². The van der Waals surface area contributed by atoms with Crippen LogP contribution >= 0.6 is 0 Å². The van der Waals surface area contributed by atoms with Crippen LogP contribution in [-0.4, -0.2) is 62.3 Å². The monoisotopic (exact) mass is 379 g/mol. The first-order chi connectivity index (χ1) is 12.3. The van der Waals surface area contributed by atoms with Gasteiger partial charge in [0.05, 0.1) is 0 Å². The van der Waals surface area contributed by atoms with Gasteiger partial charge in [-0.2, -0.15) is 0 Å². The minimum Gasteiger partial charge on any atom is -0.339 e. The molecule has 0 aliphatic carbocycles. The van der Waals surface area contributed by atoms with E-state index < -0.39 is 20.5 Å². The lowest BCUT2D eigenvalue weighted by Crippen LogP contribution is -2.55. The third kappa shape index (κ3) is 3.61. The van der Waals surface area contributed by atoms with E-state index in [4.69, 9.17) is 0 Å². The summed E-state index contributed by atoms with van der Waals surface area (Å²) in [5, 5.41) is 5.81. The zero-order valence-electron chi connectivity index (χ0n) is 15.0. The molecule has 142 valence electrons. The number of hydrogen-bond acceptors (Lipinski definition) is 5. The van der Waals surface area contributed by atoms with Crippen molar-refractivity contribution in [1.29, 1.82) is 0 Å². The summed E-state index contributed by atoms with van der Waals surface area (Å²) in [6, 6.07) is 6.65. The first kappa shape index (κ1) is 18.8. The number of carbonyl (C=O) groups is 2. The highest BCUT2D eigenvalue weighted by Crippen LogP contribution is 2.29. The Morgan fingerprint density at radius 1 is 1.08 bits per heavy atom. The van der Waals surface area contributed by atoms with Crippen LogP contribution in [-0.2, 0) is 14.6 Å². The summed E-state index contributed by atoms with van der Waals surface area (Å²) in [5.74, 6) is -0.508. The number of nitrogens with zero attached hydrogens (tertiary/aromatic N) is 1. The first-order valence-electron chi connectivity index (χ1n) is 8.95. The second kappa shape index (κ2) is 7.36. The normalized spacial score (nSPS) is 20.0. The van der Waals surface area contributed by atoms with Crippen molar-refractivity contribution in [2.45, 2.75) is 30.4 Å². The van der Waals surface area contributed by atoms with Gasteiger partial charge in [-0.05, 0) is 63.0 Å². The summed E-state index contributed by atoms with van der Waals surface area (Å²) in [7, 11) is -3.55. The van der Waals surface area contributed by atoms with Gasteiger partial charge in [-0.1, -0.05) is 0 Å². The van der Waals surface area contributed by atoms with Gasteiger partial charge in [-0.3, -0.25) is 9.59 Å². The van der Waals surface area contributed by atoms with E-state index in [1.54, 1.807) is 24.3 Å². The largest absolute Gasteiger partial charge is 0.339 e. The molecule has 2 fully saturated rings. The molecule has 1 aromatic carbocycles. The fraction of sp³-hybridized carbons (Fsp3) is 0.556. The SMILES string of the molecule is CS(=O)(=O)C1(C(=O)Nc2ccc(C(=O)N3CCCC3)cc2)CCNCC1. The van der Waals surface area contributed by atoms with Crippen molar-refractivity contribution >= 4 is 27.3 Å². The molecule has 0 radical (unpaired) electrons. The van der Waals surface area contributed by atoms with Crippen LogP contribution in [0.15, 0.2) is 24.3 Å². The molecule has 8 heteroatoms. The molecular weight excluding hydrogens is 354 g/mol. The lowest BCUT2D eigenvalue weighted by molar-refractivity contribution is -0.119. The molecule has 0 aromatic heterocycles. The zero-order valence-corrected chi connectivity index (χ0v) is 15.8. The van der Waals surface area contributed by atoms with Crippen LogP contribution in [0.3, 0.4) is 0 Å². The fourth-order valence-corrected chi connectivity index (χ4v) is 4.97. The van der Waals surface area contributed by atoms with Crippen molar-refractivity contribution in [1.82, 2.24) is 10.2 Å². The van der Waals surface area contributed by atoms with Crippen LogP contribution in [0.2, 0.25) is 0 Å². The number of hydrogen-bond donors (Lipinski definition) is 2. The number of carbonyl (C=O) groups excluding carboxylic acids is 2. The van der Waals surface area contributed by atoms with Gasteiger partial charge in [0, 0.05) is 30.6 Å². The highest BCUT2D eigenvalue weighted by Gasteiger charge is 2.48. The van der Waals surface area contributed by atoms with Crippen molar-refractivity contribution in [3.8, 4) is 0 Å². The molecule has 7 nitrogen and oxygen atoms in total. The predicted molar refractivity (Wildman–Crippen MR) is 99.9 cm³/mol. The summed E-state index contributed by atoms with van der Waals surface area (Å²) in [5.41, 5.74) is 1.07. The standard InChI is InChI=1S/C18H25N3O4S/c1-26(24,25)18(8-10-19-11-9-18)17(23)20-15-6-4-14(5-7-15)16(22)21-12-2-3-13-21/h4-7,19H,2-3,8-13H2,1H3,(H,20,23). The molecule has 3 rings (SSSR count). The molecule has 0 saturated carbocycles. The molecule has 26 heavy (non-hydrogen) atoms. The summed E-state index contributed by atoms with van der Waals surface area (Å²) in [6.07, 6.45) is 3.69.